The molecule has 1 aliphatic rings. The largest absolute Gasteiger partial charge is 0.332 e. The fourth-order valence-electron chi connectivity index (χ4n) is 2.61. The fourth-order valence-corrected chi connectivity index (χ4v) is 2.61. The molecule has 2 rings (SSSR count). The van der Waals surface area contributed by atoms with Gasteiger partial charge in [0.25, 0.3) is 0 Å². The molecule has 0 amide bonds. The van der Waals surface area contributed by atoms with Crippen LogP contribution < -0.4 is 5.73 Å². The van der Waals surface area contributed by atoms with E-state index in [1.807, 2.05) is 0 Å². The first-order valence-electron chi connectivity index (χ1n) is 6.44. The summed E-state index contributed by atoms with van der Waals surface area (Å²) in [6.45, 7) is 6.46. The van der Waals surface area contributed by atoms with Gasteiger partial charge in [0.15, 0.2) is 0 Å². The Labute approximate surface area is 98.1 Å². The van der Waals surface area contributed by atoms with Crippen molar-refractivity contribution in [1.29, 1.82) is 0 Å². The van der Waals surface area contributed by atoms with Crippen LogP contribution >= 0.6 is 0 Å². The highest BCUT2D eigenvalue weighted by molar-refractivity contribution is 5.09. The highest BCUT2D eigenvalue weighted by Gasteiger charge is 2.20. The number of hydrogen-bond acceptors (Lipinski definition) is 2. The minimum Gasteiger partial charge on any atom is -0.332 e. The van der Waals surface area contributed by atoms with Gasteiger partial charge in [-0.1, -0.05) is 13.8 Å². The molecule has 0 bridgehead atoms. The fraction of sp³-hybridized carbons (Fsp3) is 0.769. The van der Waals surface area contributed by atoms with Crippen molar-refractivity contribution in [2.45, 2.75) is 46.1 Å². The Kier molecular flexibility index (Phi) is 3.64. The summed E-state index contributed by atoms with van der Waals surface area (Å²) >= 11 is 0. The quantitative estimate of drug-likeness (QED) is 0.845. The lowest BCUT2D eigenvalue weighted by Gasteiger charge is -2.24. The van der Waals surface area contributed by atoms with Crippen LogP contribution in [0, 0.1) is 11.8 Å². The molecule has 0 radical (unpaired) electrons. The van der Waals surface area contributed by atoms with Gasteiger partial charge in [-0.05, 0) is 37.6 Å². The number of hydrogen-bond donors (Lipinski definition) is 1. The maximum Gasteiger partial charge on any atom is 0.109 e. The van der Waals surface area contributed by atoms with Crippen LogP contribution in [0.3, 0.4) is 0 Å². The molecule has 0 spiro atoms. The highest BCUT2D eigenvalue weighted by Crippen LogP contribution is 2.24. The van der Waals surface area contributed by atoms with Gasteiger partial charge in [-0.2, -0.15) is 0 Å². The van der Waals surface area contributed by atoms with Gasteiger partial charge in [0.2, 0.25) is 0 Å². The molecule has 90 valence electrons. The monoisotopic (exact) mass is 221 g/mol. The minimum atomic E-state index is 0.688. The maximum atomic E-state index is 5.63. The van der Waals surface area contributed by atoms with Crippen molar-refractivity contribution >= 4 is 0 Å². The Hall–Kier alpha value is -0.830. The second-order valence-electron chi connectivity index (χ2n) is 5.35. The summed E-state index contributed by atoms with van der Waals surface area (Å²) in [7, 11) is 0. The summed E-state index contributed by atoms with van der Waals surface area (Å²) in [5, 5.41) is 0. The molecular weight excluding hydrogens is 198 g/mol. The second kappa shape index (κ2) is 5.00. The van der Waals surface area contributed by atoms with Gasteiger partial charge in [0.05, 0.1) is 0 Å². The van der Waals surface area contributed by atoms with Crippen molar-refractivity contribution in [3.05, 3.63) is 17.7 Å². The zero-order valence-electron chi connectivity index (χ0n) is 10.4. The summed E-state index contributed by atoms with van der Waals surface area (Å²) in [5.74, 6) is 2.74. The van der Waals surface area contributed by atoms with Crippen LogP contribution in [0.4, 0.5) is 0 Å². The molecule has 1 atom stereocenters. The molecule has 0 aliphatic carbocycles. The molecule has 1 aliphatic heterocycles. The first-order valence-corrected chi connectivity index (χ1v) is 6.44. The molecular formula is C13H23N3. The van der Waals surface area contributed by atoms with Gasteiger partial charge in [0, 0.05) is 24.9 Å². The molecule has 2 N–H and O–H groups in total. The van der Waals surface area contributed by atoms with Gasteiger partial charge in [-0.25, -0.2) is 4.98 Å². The van der Waals surface area contributed by atoms with Gasteiger partial charge >= 0.3 is 0 Å². The molecule has 0 saturated carbocycles. The Morgan fingerprint density at radius 3 is 3.06 bits per heavy atom. The Morgan fingerprint density at radius 1 is 1.56 bits per heavy atom. The highest BCUT2D eigenvalue weighted by atomic mass is 15.1. The van der Waals surface area contributed by atoms with E-state index >= 15 is 0 Å². The number of nitrogens with zero attached hydrogens (tertiary/aromatic N) is 2. The number of nitrogens with two attached hydrogens (primary N) is 1. The van der Waals surface area contributed by atoms with Crippen molar-refractivity contribution in [1.82, 2.24) is 9.55 Å². The standard InChI is InChI=1S/C13H23N3/c1-10(2)7-13-15-9-12-8-11(3-5-14)4-6-16(12)13/h9-11H,3-8,14H2,1-2H3. The predicted molar refractivity (Wildman–Crippen MR) is 66.3 cm³/mol. The number of rotatable bonds is 4. The zero-order valence-corrected chi connectivity index (χ0v) is 10.4. The first kappa shape index (κ1) is 11.6. The van der Waals surface area contributed by atoms with E-state index in [0.29, 0.717) is 5.92 Å². The van der Waals surface area contributed by atoms with Crippen LogP contribution in [0.1, 0.15) is 38.2 Å². The molecule has 0 fully saturated rings. The lowest BCUT2D eigenvalue weighted by Crippen LogP contribution is -2.22. The lowest BCUT2D eigenvalue weighted by molar-refractivity contribution is 0.363. The van der Waals surface area contributed by atoms with Gasteiger partial charge < -0.3 is 10.3 Å². The maximum absolute atomic E-state index is 5.63. The molecule has 16 heavy (non-hydrogen) atoms. The third-order valence-corrected chi connectivity index (χ3v) is 3.45. The molecule has 0 saturated heterocycles. The van der Waals surface area contributed by atoms with Crippen molar-refractivity contribution in [2.75, 3.05) is 6.54 Å². The third-order valence-electron chi connectivity index (χ3n) is 3.45. The Morgan fingerprint density at radius 2 is 2.38 bits per heavy atom. The number of imidazole rings is 1. The second-order valence-corrected chi connectivity index (χ2v) is 5.35. The van der Waals surface area contributed by atoms with E-state index in [4.69, 9.17) is 5.73 Å². The van der Waals surface area contributed by atoms with E-state index < -0.39 is 0 Å². The number of fused-ring (bicyclic) bond motifs is 1. The molecule has 1 aromatic rings. The van der Waals surface area contributed by atoms with Crippen LogP contribution in [0.15, 0.2) is 6.20 Å². The lowest BCUT2D eigenvalue weighted by atomic mass is 9.93. The summed E-state index contributed by atoms with van der Waals surface area (Å²) in [6, 6.07) is 0. The molecule has 3 nitrogen and oxygen atoms in total. The smallest absolute Gasteiger partial charge is 0.109 e. The van der Waals surface area contributed by atoms with Crippen molar-refractivity contribution < 1.29 is 0 Å². The van der Waals surface area contributed by atoms with E-state index in [1.165, 1.54) is 24.4 Å². The van der Waals surface area contributed by atoms with Crippen molar-refractivity contribution in [2.24, 2.45) is 17.6 Å². The average Bonchev–Trinajstić information content (AvgIpc) is 2.61. The molecule has 0 aromatic carbocycles. The van der Waals surface area contributed by atoms with E-state index in [-0.39, 0.29) is 0 Å². The zero-order chi connectivity index (χ0) is 11.5. The average molecular weight is 221 g/mol. The van der Waals surface area contributed by atoms with Gasteiger partial charge in [-0.3, -0.25) is 0 Å². The molecule has 2 heterocycles. The topological polar surface area (TPSA) is 43.8 Å². The minimum absolute atomic E-state index is 0.688. The predicted octanol–water partition coefficient (Wildman–Crippen LogP) is 1.99. The number of aromatic nitrogens is 2. The third kappa shape index (κ3) is 2.46. The van der Waals surface area contributed by atoms with Gasteiger partial charge in [-0.15, -0.1) is 0 Å². The van der Waals surface area contributed by atoms with Crippen LogP contribution in [0.25, 0.3) is 0 Å². The molecule has 1 unspecified atom stereocenters. The first-order chi connectivity index (χ1) is 7.70. The Balaban J connectivity index is 2.08. The van der Waals surface area contributed by atoms with Crippen LogP contribution in [0.2, 0.25) is 0 Å². The van der Waals surface area contributed by atoms with Crippen LogP contribution in [-0.2, 0) is 19.4 Å². The van der Waals surface area contributed by atoms with E-state index in [1.54, 1.807) is 0 Å². The summed E-state index contributed by atoms with van der Waals surface area (Å²) in [6.07, 6.45) is 6.76. The molecule has 1 aromatic heterocycles. The van der Waals surface area contributed by atoms with E-state index in [2.05, 4.69) is 29.6 Å². The van der Waals surface area contributed by atoms with Crippen LogP contribution in [0.5, 0.6) is 0 Å². The van der Waals surface area contributed by atoms with Crippen molar-refractivity contribution in [3.8, 4) is 0 Å². The van der Waals surface area contributed by atoms with Gasteiger partial charge in [0.1, 0.15) is 5.82 Å². The van der Waals surface area contributed by atoms with Crippen LogP contribution in [-0.4, -0.2) is 16.1 Å². The summed E-state index contributed by atoms with van der Waals surface area (Å²) in [4.78, 5) is 4.56. The summed E-state index contributed by atoms with van der Waals surface area (Å²) in [5.41, 5.74) is 7.04. The summed E-state index contributed by atoms with van der Waals surface area (Å²) < 4.78 is 2.42. The molecule has 3 heteroatoms. The van der Waals surface area contributed by atoms with E-state index in [0.717, 1.165) is 31.8 Å². The van der Waals surface area contributed by atoms with Crippen molar-refractivity contribution in [3.63, 3.8) is 0 Å². The van der Waals surface area contributed by atoms with E-state index in [9.17, 15) is 0 Å². The Bertz CT molecular complexity index is 341. The normalized spacial score (nSPS) is 20.1. The SMILES string of the molecule is CC(C)Cc1ncc2n1CCC(CCN)C2.